The maximum absolute atomic E-state index is 12.3. The van der Waals surface area contributed by atoms with Crippen molar-refractivity contribution in [3.63, 3.8) is 0 Å². The third-order valence-electron chi connectivity index (χ3n) is 4.09. The molecule has 0 aliphatic carbocycles. The third kappa shape index (κ3) is 3.33. The first-order chi connectivity index (χ1) is 12.5. The molecule has 1 heterocycles. The zero-order chi connectivity index (χ0) is 18.7. The van der Waals surface area contributed by atoms with E-state index in [2.05, 4.69) is 11.1 Å². The van der Waals surface area contributed by atoms with E-state index in [0.29, 0.717) is 34.4 Å². The quantitative estimate of drug-likeness (QED) is 0.677. The molecule has 26 heavy (non-hydrogen) atoms. The number of benzene rings is 2. The van der Waals surface area contributed by atoms with E-state index in [1.807, 2.05) is 6.92 Å². The lowest BCUT2D eigenvalue weighted by molar-refractivity contribution is 0.0473. The van der Waals surface area contributed by atoms with E-state index < -0.39 is 5.97 Å². The Labute approximate surface area is 150 Å². The number of nitrogens with zero attached hydrogens (tertiary/aromatic N) is 3. The first-order valence-electron chi connectivity index (χ1n) is 8.21. The van der Waals surface area contributed by atoms with Gasteiger partial charge in [0, 0.05) is 6.54 Å². The maximum atomic E-state index is 12.3. The minimum atomic E-state index is -0.483. The predicted molar refractivity (Wildman–Crippen MR) is 96.7 cm³/mol. The van der Waals surface area contributed by atoms with Gasteiger partial charge < -0.3 is 9.30 Å². The predicted octanol–water partition coefficient (Wildman–Crippen LogP) is 2.95. The molecular weight excluding hydrogens is 330 g/mol. The van der Waals surface area contributed by atoms with Crippen LogP contribution in [0.2, 0.25) is 0 Å². The van der Waals surface area contributed by atoms with Crippen LogP contribution in [0.4, 0.5) is 0 Å². The highest BCUT2D eigenvalue weighted by Gasteiger charge is 2.12. The summed E-state index contributed by atoms with van der Waals surface area (Å²) in [6, 6.07) is 13.9. The largest absolute Gasteiger partial charge is 0.457 e. The molecule has 6 heteroatoms. The van der Waals surface area contributed by atoms with Crippen LogP contribution in [0.3, 0.4) is 0 Å². The fourth-order valence-corrected chi connectivity index (χ4v) is 2.78. The highest BCUT2D eigenvalue weighted by Crippen LogP contribution is 2.15. The van der Waals surface area contributed by atoms with Crippen LogP contribution >= 0.6 is 0 Å². The number of aromatic nitrogens is 2. The minimum Gasteiger partial charge on any atom is -0.457 e. The third-order valence-corrected chi connectivity index (χ3v) is 4.09. The lowest BCUT2D eigenvalue weighted by Gasteiger charge is -2.10. The standard InChI is InChI=1S/C20H17N3O3/c1-3-23-18-8-7-16(10-17(18)22-13(2)19(23)24)20(25)26-12-15-6-4-5-14(9-15)11-21/h4-10H,3,12H2,1-2H3. The van der Waals surface area contributed by atoms with Gasteiger partial charge in [0.05, 0.1) is 28.2 Å². The number of hydrogen-bond donors (Lipinski definition) is 0. The molecule has 0 amide bonds. The summed E-state index contributed by atoms with van der Waals surface area (Å²) in [6.45, 7) is 4.14. The number of ether oxygens (including phenoxy) is 1. The van der Waals surface area contributed by atoms with Gasteiger partial charge in [0.1, 0.15) is 12.3 Å². The minimum absolute atomic E-state index is 0.0767. The Hall–Kier alpha value is -3.46. The number of aryl methyl sites for hydroxylation is 2. The second-order valence-electron chi connectivity index (χ2n) is 5.84. The number of nitriles is 1. The number of carbonyl (C=O) groups is 1. The molecular formula is C20H17N3O3. The monoisotopic (exact) mass is 347 g/mol. The molecule has 3 aromatic rings. The van der Waals surface area contributed by atoms with Crippen LogP contribution in [-0.2, 0) is 17.9 Å². The van der Waals surface area contributed by atoms with E-state index in [4.69, 9.17) is 10.00 Å². The Balaban J connectivity index is 1.86. The molecule has 0 bridgehead atoms. The Morgan fingerprint density at radius 2 is 2.08 bits per heavy atom. The lowest BCUT2D eigenvalue weighted by atomic mass is 10.1. The molecule has 0 saturated heterocycles. The summed E-state index contributed by atoms with van der Waals surface area (Å²) in [5.74, 6) is -0.483. The molecule has 0 aliphatic rings. The van der Waals surface area contributed by atoms with Gasteiger partial charge in [-0.1, -0.05) is 12.1 Å². The molecule has 130 valence electrons. The van der Waals surface area contributed by atoms with Crippen LogP contribution in [0.5, 0.6) is 0 Å². The van der Waals surface area contributed by atoms with Crippen molar-refractivity contribution in [2.75, 3.05) is 0 Å². The first kappa shape index (κ1) is 17.4. The van der Waals surface area contributed by atoms with Crippen LogP contribution in [0.25, 0.3) is 11.0 Å². The smallest absolute Gasteiger partial charge is 0.338 e. The van der Waals surface area contributed by atoms with Gasteiger partial charge in [-0.05, 0) is 49.7 Å². The average Bonchev–Trinajstić information content (AvgIpc) is 2.67. The van der Waals surface area contributed by atoms with E-state index in [1.54, 1.807) is 54.0 Å². The van der Waals surface area contributed by atoms with Crippen LogP contribution < -0.4 is 5.56 Å². The lowest BCUT2D eigenvalue weighted by Crippen LogP contribution is -2.23. The van der Waals surface area contributed by atoms with Gasteiger partial charge in [-0.2, -0.15) is 5.26 Å². The van der Waals surface area contributed by atoms with Crippen molar-refractivity contribution in [2.45, 2.75) is 27.0 Å². The normalized spacial score (nSPS) is 10.5. The molecule has 0 fully saturated rings. The topological polar surface area (TPSA) is 85.0 Å². The molecule has 1 aromatic heterocycles. The average molecular weight is 347 g/mol. The maximum Gasteiger partial charge on any atom is 0.338 e. The van der Waals surface area contributed by atoms with Crippen molar-refractivity contribution >= 4 is 17.0 Å². The van der Waals surface area contributed by atoms with E-state index in [1.165, 1.54) is 0 Å². The SMILES string of the molecule is CCn1c(=O)c(C)nc2cc(C(=O)OCc3cccc(C#N)c3)ccc21. The second kappa shape index (κ2) is 7.19. The van der Waals surface area contributed by atoms with Crippen molar-refractivity contribution in [3.8, 4) is 6.07 Å². The van der Waals surface area contributed by atoms with E-state index in [-0.39, 0.29) is 12.2 Å². The molecule has 0 saturated carbocycles. The van der Waals surface area contributed by atoms with Crippen molar-refractivity contribution < 1.29 is 9.53 Å². The van der Waals surface area contributed by atoms with Gasteiger partial charge in [-0.3, -0.25) is 4.79 Å². The van der Waals surface area contributed by atoms with Gasteiger partial charge in [0.15, 0.2) is 0 Å². The fourth-order valence-electron chi connectivity index (χ4n) is 2.78. The molecule has 6 nitrogen and oxygen atoms in total. The van der Waals surface area contributed by atoms with Crippen LogP contribution in [0.1, 0.15) is 34.1 Å². The summed E-state index contributed by atoms with van der Waals surface area (Å²) < 4.78 is 6.95. The number of carbonyl (C=O) groups excluding carboxylic acids is 1. The van der Waals surface area contributed by atoms with Gasteiger partial charge in [-0.15, -0.1) is 0 Å². The summed E-state index contributed by atoms with van der Waals surface area (Å²) in [7, 11) is 0. The van der Waals surface area contributed by atoms with Gasteiger partial charge in [0.25, 0.3) is 5.56 Å². The zero-order valence-corrected chi connectivity index (χ0v) is 14.5. The summed E-state index contributed by atoms with van der Waals surface area (Å²) in [4.78, 5) is 28.8. The summed E-state index contributed by atoms with van der Waals surface area (Å²) in [5.41, 5.74) is 3.13. The number of hydrogen-bond acceptors (Lipinski definition) is 5. The molecule has 2 aromatic carbocycles. The Kier molecular flexibility index (Phi) is 4.81. The van der Waals surface area contributed by atoms with Crippen molar-refractivity contribution in [1.82, 2.24) is 9.55 Å². The van der Waals surface area contributed by atoms with E-state index >= 15 is 0 Å². The van der Waals surface area contributed by atoms with Crippen LogP contribution in [-0.4, -0.2) is 15.5 Å². The number of esters is 1. The number of rotatable bonds is 4. The molecule has 0 radical (unpaired) electrons. The van der Waals surface area contributed by atoms with Crippen molar-refractivity contribution in [1.29, 1.82) is 5.26 Å². The Morgan fingerprint density at radius 3 is 2.81 bits per heavy atom. The van der Waals surface area contributed by atoms with Gasteiger partial charge in [-0.25, -0.2) is 9.78 Å². The van der Waals surface area contributed by atoms with E-state index in [0.717, 1.165) is 5.56 Å². The Morgan fingerprint density at radius 1 is 1.27 bits per heavy atom. The molecule has 3 rings (SSSR count). The van der Waals surface area contributed by atoms with Gasteiger partial charge in [0.2, 0.25) is 0 Å². The summed E-state index contributed by atoms with van der Waals surface area (Å²) in [5, 5.41) is 8.91. The summed E-state index contributed by atoms with van der Waals surface area (Å²) >= 11 is 0. The van der Waals surface area contributed by atoms with Crippen LogP contribution in [0, 0.1) is 18.3 Å². The fraction of sp³-hybridized carbons (Fsp3) is 0.200. The summed E-state index contributed by atoms with van der Waals surface area (Å²) in [6.07, 6.45) is 0. The Bertz CT molecular complexity index is 1090. The second-order valence-corrected chi connectivity index (χ2v) is 5.84. The highest BCUT2D eigenvalue weighted by atomic mass is 16.5. The first-order valence-corrected chi connectivity index (χ1v) is 8.21. The van der Waals surface area contributed by atoms with Crippen molar-refractivity contribution in [3.05, 3.63) is 75.2 Å². The molecule has 0 unspecified atom stereocenters. The molecule has 0 aliphatic heterocycles. The van der Waals surface area contributed by atoms with E-state index in [9.17, 15) is 9.59 Å². The number of fused-ring (bicyclic) bond motifs is 1. The van der Waals surface area contributed by atoms with Crippen molar-refractivity contribution in [2.24, 2.45) is 0 Å². The molecule has 0 N–H and O–H groups in total. The molecule has 0 atom stereocenters. The highest BCUT2D eigenvalue weighted by molar-refractivity contribution is 5.93. The van der Waals surface area contributed by atoms with Gasteiger partial charge >= 0.3 is 5.97 Å². The zero-order valence-electron chi connectivity index (χ0n) is 14.5. The van der Waals surface area contributed by atoms with Crippen LogP contribution in [0.15, 0.2) is 47.3 Å². The molecule has 0 spiro atoms.